The lowest BCUT2D eigenvalue weighted by molar-refractivity contribution is 0.186. The second kappa shape index (κ2) is 23.0. The Bertz CT molecular complexity index is 3130. The van der Waals surface area contributed by atoms with E-state index in [0.717, 1.165) is 137 Å². The third-order valence-electron chi connectivity index (χ3n) is 15.5. The van der Waals surface area contributed by atoms with E-state index < -0.39 is 0 Å². The van der Waals surface area contributed by atoms with Crippen LogP contribution in [0.5, 0.6) is 0 Å². The van der Waals surface area contributed by atoms with Gasteiger partial charge in [-0.15, -0.1) is 6.58 Å². The summed E-state index contributed by atoms with van der Waals surface area (Å²) >= 11 is 1.65. The van der Waals surface area contributed by atoms with Crippen LogP contribution in [0.1, 0.15) is 103 Å². The van der Waals surface area contributed by atoms with Crippen molar-refractivity contribution in [2.75, 3.05) is 48.8 Å². The molecule has 2 aliphatic heterocycles. The third-order valence-corrected chi connectivity index (χ3v) is 16.4. The van der Waals surface area contributed by atoms with Crippen molar-refractivity contribution in [2.24, 2.45) is 18.9 Å². The molecule has 73 heavy (non-hydrogen) atoms. The van der Waals surface area contributed by atoms with Crippen molar-refractivity contribution in [3.8, 4) is 11.1 Å². The number of rotatable bonds is 22. The summed E-state index contributed by atoms with van der Waals surface area (Å²) in [6.07, 6.45) is 13.7. The van der Waals surface area contributed by atoms with Crippen molar-refractivity contribution in [2.45, 2.75) is 91.0 Å². The molecule has 1 unspecified atom stereocenters. The van der Waals surface area contributed by atoms with E-state index in [1.54, 1.807) is 11.3 Å². The number of pyridine rings is 1. The number of nitrogens with zero attached hydrogens (tertiary/aromatic N) is 6. The maximum absolute atomic E-state index is 5.23. The third kappa shape index (κ3) is 11.4. The normalized spacial score (nSPS) is 14.9. The number of fused-ring (bicyclic) bond motifs is 3. The molecular formula is C63H75N9S. The summed E-state index contributed by atoms with van der Waals surface area (Å²) in [6, 6.07) is 30.7. The molecule has 2 atom stereocenters. The minimum atomic E-state index is 0.119. The minimum Gasteiger partial charge on any atom is -0.391 e. The second-order valence-electron chi connectivity index (χ2n) is 20.5. The number of para-hydroxylation sites is 1. The van der Waals surface area contributed by atoms with Gasteiger partial charge in [0.05, 0.1) is 27.1 Å². The maximum atomic E-state index is 5.23. The van der Waals surface area contributed by atoms with Gasteiger partial charge in [0, 0.05) is 84.5 Å². The molecule has 5 heterocycles. The van der Waals surface area contributed by atoms with Crippen molar-refractivity contribution in [3.63, 3.8) is 0 Å². The zero-order valence-corrected chi connectivity index (χ0v) is 44.8. The Morgan fingerprint density at radius 1 is 0.904 bits per heavy atom. The molecule has 9 rings (SSSR count). The maximum Gasteiger partial charge on any atom is 0.188 e. The van der Waals surface area contributed by atoms with Crippen molar-refractivity contribution >= 4 is 60.9 Å². The summed E-state index contributed by atoms with van der Waals surface area (Å²) in [6.45, 7) is 33.1. The van der Waals surface area contributed by atoms with Gasteiger partial charge in [0.25, 0.3) is 0 Å². The van der Waals surface area contributed by atoms with Crippen LogP contribution in [0, 0.1) is 18.8 Å². The molecule has 0 saturated carbocycles. The number of hydrogen-bond donors (Lipinski definition) is 3. The standard InChI is InChI=1S/C63H75N9S/c1-11-14-19-52(44(7)64-9)61-54-27-29-57(49(12-2)62(54)70(10)69-61)65-43(6)39-71-34-31-46(32-35-71)24-23-41(4)37-47-25-26-50(42(5)38-47)53-28-30-60(67-56(53)13-3)72-36-33-48-18-17-20-51(55(48)40-72)45(8)66-63-68-58-21-15-16-22-59(58)73-63/h11,13,15-18,20-22,25-30,38,41,46,52,64-65H,1,3,6-8,12,14,19,23-24,31-37,39-40H2,2,4-5,9-10H3,(H,66,68)/t41-,52?/m1/s1. The Kier molecular flexibility index (Phi) is 16.1. The highest BCUT2D eigenvalue weighted by Gasteiger charge is 2.26. The summed E-state index contributed by atoms with van der Waals surface area (Å²) in [4.78, 5) is 15.0. The highest BCUT2D eigenvalue weighted by molar-refractivity contribution is 7.22. The van der Waals surface area contributed by atoms with E-state index in [-0.39, 0.29) is 5.92 Å². The quantitative estimate of drug-likeness (QED) is 0.0579. The number of aromatic nitrogens is 4. The lowest BCUT2D eigenvalue weighted by atomic mass is 9.86. The van der Waals surface area contributed by atoms with Gasteiger partial charge >= 0.3 is 0 Å². The van der Waals surface area contributed by atoms with Gasteiger partial charge in [0.15, 0.2) is 5.13 Å². The highest BCUT2D eigenvalue weighted by atomic mass is 32.1. The van der Waals surface area contributed by atoms with Gasteiger partial charge in [-0.1, -0.05) is 119 Å². The largest absolute Gasteiger partial charge is 0.391 e. The van der Waals surface area contributed by atoms with Crippen molar-refractivity contribution in [3.05, 3.63) is 180 Å². The molecule has 0 amide bonds. The summed E-state index contributed by atoms with van der Waals surface area (Å²) in [5.41, 5.74) is 18.3. The van der Waals surface area contributed by atoms with Gasteiger partial charge in [0.2, 0.25) is 0 Å². The van der Waals surface area contributed by atoms with Crippen LogP contribution in [-0.4, -0.2) is 57.9 Å². The lowest BCUT2D eigenvalue weighted by Gasteiger charge is -2.33. The number of nitrogens with one attached hydrogen (secondary N) is 3. The van der Waals surface area contributed by atoms with Crippen LogP contribution in [0.2, 0.25) is 0 Å². The van der Waals surface area contributed by atoms with Gasteiger partial charge in [-0.3, -0.25) is 9.58 Å². The predicted octanol–water partition coefficient (Wildman–Crippen LogP) is 14.5. The van der Waals surface area contributed by atoms with Crippen molar-refractivity contribution < 1.29 is 0 Å². The Labute approximate surface area is 438 Å². The molecule has 10 heteroatoms. The smallest absolute Gasteiger partial charge is 0.188 e. The van der Waals surface area contributed by atoms with Gasteiger partial charge < -0.3 is 20.9 Å². The molecule has 3 aromatic heterocycles. The SMILES string of the molecule is C=CCCC(C(=C)NC)c1nn(C)c2c(CC)c(NC(=C)CN3CCC(CC[C@@H](C)Cc4ccc(-c5ccc(N6CCc7cccc(C(=C)Nc8nc9ccccc9s8)c7C6)nc5C=C)c(C)c4)CC3)ccc12. The molecule has 0 aliphatic carbocycles. The number of anilines is 3. The Morgan fingerprint density at radius 3 is 2.47 bits per heavy atom. The van der Waals surface area contributed by atoms with Crippen LogP contribution in [-0.2, 0) is 32.9 Å². The first-order chi connectivity index (χ1) is 35.4. The van der Waals surface area contributed by atoms with Crippen LogP contribution < -0.4 is 20.9 Å². The highest BCUT2D eigenvalue weighted by Crippen LogP contribution is 2.38. The Balaban J connectivity index is 0.756. The van der Waals surface area contributed by atoms with Crippen LogP contribution in [0.3, 0.4) is 0 Å². The molecule has 0 bridgehead atoms. The van der Waals surface area contributed by atoms with E-state index in [1.807, 2.05) is 31.3 Å². The molecule has 7 aromatic rings. The lowest BCUT2D eigenvalue weighted by Crippen LogP contribution is -2.36. The molecule has 0 spiro atoms. The summed E-state index contributed by atoms with van der Waals surface area (Å²) in [7, 11) is 4.00. The van der Waals surface area contributed by atoms with Crippen LogP contribution in [0.25, 0.3) is 44.0 Å². The number of aryl methyl sites for hydroxylation is 3. The molecule has 4 aromatic carbocycles. The number of allylic oxidation sites excluding steroid dienone is 2. The van der Waals surface area contributed by atoms with Gasteiger partial charge in [0.1, 0.15) is 5.82 Å². The summed E-state index contributed by atoms with van der Waals surface area (Å²) < 4.78 is 3.21. The molecule has 3 N–H and O–H groups in total. The first-order valence-corrected chi connectivity index (χ1v) is 27.3. The van der Waals surface area contributed by atoms with Gasteiger partial charge in [-0.2, -0.15) is 5.10 Å². The molecule has 378 valence electrons. The average Bonchev–Trinajstić information content (AvgIpc) is 3.97. The number of likely N-dealkylation sites (N-methyl/N-ethyl adjacent to an activating group) is 1. The minimum absolute atomic E-state index is 0.119. The Hall–Kier alpha value is -6.75. The second-order valence-corrected chi connectivity index (χ2v) is 21.6. The zero-order chi connectivity index (χ0) is 51.2. The van der Waals surface area contributed by atoms with Gasteiger partial charge in [-0.25, -0.2) is 9.97 Å². The van der Waals surface area contributed by atoms with Crippen molar-refractivity contribution in [1.82, 2.24) is 30.0 Å². The molecule has 9 nitrogen and oxygen atoms in total. The van der Waals surface area contributed by atoms with Crippen LogP contribution in [0.4, 0.5) is 16.6 Å². The van der Waals surface area contributed by atoms with E-state index in [9.17, 15) is 0 Å². The number of piperidine rings is 1. The van der Waals surface area contributed by atoms with Crippen LogP contribution in [0.15, 0.2) is 135 Å². The topological polar surface area (TPSA) is 86.2 Å². The fourth-order valence-corrected chi connectivity index (χ4v) is 12.4. The number of thiazole rings is 1. The average molecular weight is 990 g/mol. The summed E-state index contributed by atoms with van der Waals surface area (Å²) in [5.74, 6) is 2.48. The van der Waals surface area contributed by atoms with Gasteiger partial charge in [-0.05, 0) is 147 Å². The first kappa shape index (κ1) is 51.2. The summed E-state index contributed by atoms with van der Waals surface area (Å²) in [5, 5.41) is 17.6. The molecule has 1 saturated heterocycles. The predicted molar refractivity (Wildman–Crippen MR) is 312 cm³/mol. The van der Waals surface area contributed by atoms with E-state index >= 15 is 0 Å². The monoisotopic (exact) mass is 990 g/mol. The van der Waals surface area contributed by atoms with E-state index in [1.165, 1.54) is 70.0 Å². The first-order valence-electron chi connectivity index (χ1n) is 26.5. The van der Waals surface area contributed by atoms with E-state index in [0.29, 0.717) is 5.92 Å². The molecule has 2 aliphatic rings. The molecular weight excluding hydrogens is 915 g/mol. The van der Waals surface area contributed by atoms with Crippen LogP contribution >= 0.6 is 11.3 Å². The zero-order valence-electron chi connectivity index (χ0n) is 44.0. The fraction of sp³-hybridized carbons (Fsp3) is 0.349. The number of likely N-dealkylation sites (tertiary alicyclic amines) is 1. The molecule has 0 radical (unpaired) electrons. The van der Waals surface area contributed by atoms with E-state index in [4.69, 9.17) is 15.1 Å². The van der Waals surface area contributed by atoms with Crippen molar-refractivity contribution in [1.29, 1.82) is 0 Å². The van der Waals surface area contributed by atoms with E-state index in [2.05, 4.69) is 164 Å². The Morgan fingerprint density at radius 2 is 1.71 bits per heavy atom. The number of hydrogen-bond acceptors (Lipinski definition) is 9. The fourth-order valence-electron chi connectivity index (χ4n) is 11.5. The molecule has 1 fully saturated rings. The number of benzene rings is 4.